The van der Waals surface area contributed by atoms with Gasteiger partial charge in [-0.1, -0.05) is 12.1 Å². The number of quaternary nitrogens is 1. The molecule has 238 valence electrons. The van der Waals surface area contributed by atoms with Crippen molar-refractivity contribution in [2.24, 2.45) is 0 Å². The zero-order valence-electron chi connectivity index (χ0n) is 25.1. The van der Waals surface area contributed by atoms with Gasteiger partial charge in [-0.3, -0.25) is 9.80 Å². The van der Waals surface area contributed by atoms with E-state index in [0.29, 0.717) is 22.2 Å². The van der Waals surface area contributed by atoms with Crippen LogP contribution in [0.2, 0.25) is 0 Å². The Morgan fingerprint density at radius 1 is 1.24 bits per heavy atom. The Hall–Kier alpha value is -4.94. The van der Waals surface area contributed by atoms with Gasteiger partial charge in [0.1, 0.15) is 12.6 Å². The number of alkyl halides is 3. The van der Waals surface area contributed by atoms with E-state index >= 15 is 0 Å². The summed E-state index contributed by atoms with van der Waals surface area (Å²) in [5.41, 5.74) is 0.640. The van der Waals surface area contributed by atoms with Gasteiger partial charge in [0.25, 0.3) is 0 Å². The number of nitrogens with one attached hydrogen (secondary N) is 1. The number of likely N-dealkylation sites (N-methyl/N-ethyl adjacent to an activating group) is 2. The van der Waals surface area contributed by atoms with E-state index in [1.54, 1.807) is 25.1 Å². The van der Waals surface area contributed by atoms with E-state index in [2.05, 4.69) is 35.3 Å². The van der Waals surface area contributed by atoms with Gasteiger partial charge in [-0.15, -0.1) is 5.10 Å². The molecule has 2 aromatic carbocycles. The van der Waals surface area contributed by atoms with E-state index in [1.165, 1.54) is 28.7 Å². The second-order valence-corrected chi connectivity index (χ2v) is 11.1. The number of aromatic amines is 1. The number of anilines is 2. The van der Waals surface area contributed by atoms with E-state index in [4.69, 9.17) is 14.6 Å². The molecule has 2 aliphatic rings. The molecule has 2 aliphatic heterocycles. The van der Waals surface area contributed by atoms with Gasteiger partial charge in [0.15, 0.2) is 0 Å². The van der Waals surface area contributed by atoms with Gasteiger partial charge in [-0.05, 0) is 49.9 Å². The molecule has 15 heteroatoms. The molecular formula is C30H32F3N7O5. The summed E-state index contributed by atoms with van der Waals surface area (Å²) in [5.74, 6) is -0.728. The fourth-order valence-corrected chi connectivity index (χ4v) is 5.77. The molecule has 3 aromatic rings. The van der Waals surface area contributed by atoms with Crippen molar-refractivity contribution in [3.8, 4) is 6.07 Å². The van der Waals surface area contributed by atoms with E-state index in [9.17, 15) is 28.0 Å². The number of hydrogen-bond acceptors (Lipinski definition) is 9. The minimum Gasteiger partial charge on any atom is -0.554 e. The lowest BCUT2D eigenvalue weighted by atomic mass is 9.89. The predicted octanol–water partition coefficient (Wildman–Crippen LogP) is 1.91. The first kappa shape index (κ1) is 33.0. The van der Waals surface area contributed by atoms with Gasteiger partial charge in [0.05, 0.1) is 50.0 Å². The summed E-state index contributed by atoms with van der Waals surface area (Å²) in [6.45, 7) is 5.10. The first-order valence-corrected chi connectivity index (χ1v) is 13.8. The third-order valence-corrected chi connectivity index (χ3v) is 8.14. The minimum atomic E-state index is -4.61. The molecule has 0 spiro atoms. The highest BCUT2D eigenvalue weighted by Gasteiger charge is 2.42. The molecule has 1 aromatic heterocycles. The Kier molecular flexibility index (Phi) is 9.50. The second kappa shape index (κ2) is 13.0. The predicted molar refractivity (Wildman–Crippen MR) is 154 cm³/mol. The van der Waals surface area contributed by atoms with Crippen LogP contribution in [0.15, 0.2) is 58.5 Å². The van der Waals surface area contributed by atoms with Crippen LogP contribution in [0.25, 0.3) is 0 Å². The number of hydrogen-bond donors (Lipinski definition) is 1. The molecular weight excluding hydrogens is 595 g/mol. The SMILES string of the molecule is COC(=O)C1=C(C)N(c2cccc(C(F)(F)F)c2)c2n[nH]c(=O)n2C1c1ccc(C#N)cc1C[N+]1(C)CCN(C)CC1.O=C[O-]. The molecule has 0 bridgehead atoms. The van der Waals surface area contributed by atoms with Crippen molar-refractivity contribution < 1.29 is 37.1 Å². The van der Waals surface area contributed by atoms with Gasteiger partial charge in [-0.2, -0.15) is 18.4 Å². The first-order valence-electron chi connectivity index (χ1n) is 13.8. The van der Waals surface area contributed by atoms with Crippen molar-refractivity contribution in [2.75, 3.05) is 52.3 Å². The third kappa shape index (κ3) is 6.61. The highest BCUT2D eigenvalue weighted by atomic mass is 19.4. The van der Waals surface area contributed by atoms with Gasteiger partial charge < -0.3 is 19.1 Å². The van der Waals surface area contributed by atoms with Crippen LogP contribution < -0.4 is 15.7 Å². The van der Waals surface area contributed by atoms with Crippen molar-refractivity contribution >= 4 is 24.1 Å². The first-order chi connectivity index (χ1) is 21.3. The molecule has 1 fully saturated rings. The quantitative estimate of drug-likeness (QED) is 0.255. The van der Waals surface area contributed by atoms with Gasteiger partial charge in [-0.25, -0.2) is 19.3 Å². The number of methoxy groups -OCH3 is 1. The van der Waals surface area contributed by atoms with Gasteiger partial charge in [0.2, 0.25) is 5.95 Å². The largest absolute Gasteiger partial charge is 0.554 e. The normalized spacial score (nSPS) is 17.9. The molecule has 1 atom stereocenters. The van der Waals surface area contributed by atoms with Crippen LogP contribution in [0.5, 0.6) is 0 Å². The van der Waals surface area contributed by atoms with Crippen molar-refractivity contribution in [2.45, 2.75) is 25.7 Å². The summed E-state index contributed by atoms with van der Waals surface area (Å²) >= 11 is 0. The molecule has 1 unspecified atom stereocenters. The summed E-state index contributed by atoms with van der Waals surface area (Å²) < 4.78 is 48.0. The molecule has 0 aliphatic carbocycles. The topological polar surface area (TPSA) is 147 Å². The summed E-state index contributed by atoms with van der Waals surface area (Å²) in [6, 6.07) is 10.9. The number of carbonyl (C=O) groups excluding carboxylic acids is 2. The number of H-pyrrole nitrogens is 1. The number of benzene rings is 2. The standard InChI is InChI=1S/C29H30F3N7O3.CH2O2/c1-18-24(26(40)42-4)25(23-9-8-19(16-33)14-20(23)17-39(3)12-10-36(2)11-13-39)38-27(34-35-28(38)41)37(18)22-7-5-6-21(15-22)29(30,31)32;2-1-3/h5-9,14-15,25H,10-13,17H2,1-4H3;1H,(H,2,3). The molecule has 1 N–H and O–H groups in total. The van der Waals surface area contributed by atoms with Crippen LogP contribution in [0.3, 0.4) is 0 Å². The molecule has 45 heavy (non-hydrogen) atoms. The number of carbonyl (C=O) groups is 2. The fraction of sp³-hybridized carbons (Fsp3) is 0.367. The number of piperazine rings is 1. The Bertz CT molecular complexity index is 1720. The number of fused-ring (bicyclic) bond motifs is 1. The van der Waals surface area contributed by atoms with Crippen LogP contribution in [0.4, 0.5) is 24.8 Å². The van der Waals surface area contributed by atoms with Crippen LogP contribution in [-0.4, -0.2) is 84.0 Å². The average Bonchev–Trinajstić information content (AvgIpc) is 3.38. The number of allylic oxidation sites excluding steroid dienone is 1. The number of esters is 1. The highest BCUT2D eigenvalue weighted by molar-refractivity contribution is 5.93. The van der Waals surface area contributed by atoms with Crippen molar-refractivity contribution in [1.29, 1.82) is 5.26 Å². The number of nitrogens with zero attached hydrogens (tertiary/aromatic N) is 6. The van der Waals surface area contributed by atoms with Crippen LogP contribution >= 0.6 is 0 Å². The number of aromatic nitrogens is 3. The van der Waals surface area contributed by atoms with E-state index < -0.39 is 35.9 Å². The lowest BCUT2D eigenvalue weighted by Crippen LogP contribution is -2.55. The number of nitriles is 1. The third-order valence-electron chi connectivity index (χ3n) is 8.14. The summed E-state index contributed by atoms with van der Waals surface area (Å²) in [6.07, 6.45) is -4.61. The molecule has 5 rings (SSSR count). The van der Waals surface area contributed by atoms with Crippen LogP contribution in [-0.2, 0) is 27.0 Å². The molecule has 0 amide bonds. The van der Waals surface area contributed by atoms with Gasteiger partial charge in [0, 0.05) is 36.5 Å². The van der Waals surface area contributed by atoms with E-state index in [1.807, 2.05) is 0 Å². The molecule has 12 nitrogen and oxygen atoms in total. The molecule has 3 heterocycles. The van der Waals surface area contributed by atoms with E-state index in [0.717, 1.165) is 43.9 Å². The van der Waals surface area contributed by atoms with Crippen molar-refractivity contribution in [3.63, 3.8) is 0 Å². The maximum absolute atomic E-state index is 13.6. The zero-order chi connectivity index (χ0) is 33.1. The Labute approximate surface area is 256 Å². The smallest absolute Gasteiger partial charge is 0.416 e. The maximum atomic E-state index is 13.6. The molecule has 0 saturated carbocycles. The zero-order valence-corrected chi connectivity index (χ0v) is 25.1. The fourth-order valence-electron chi connectivity index (χ4n) is 5.77. The second-order valence-electron chi connectivity index (χ2n) is 11.1. The number of carboxylic acid groups (broad SMARTS) is 1. The van der Waals surface area contributed by atoms with Crippen molar-refractivity contribution in [3.05, 3.63) is 86.5 Å². The summed E-state index contributed by atoms with van der Waals surface area (Å²) in [7, 11) is 5.40. The average molecular weight is 628 g/mol. The highest BCUT2D eigenvalue weighted by Crippen LogP contribution is 2.44. The lowest BCUT2D eigenvalue weighted by Gasteiger charge is -2.42. The monoisotopic (exact) mass is 627 g/mol. The number of rotatable bonds is 5. The summed E-state index contributed by atoms with van der Waals surface area (Å²) in [5, 5.41) is 24.5. The van der Waals surface area contributed by atoms with Crippen molar-refractivity contribution in [1.82, 2.24) is 19.7 Å². The molecule has 1 saturated heterocycles. The van der Waals surface area contributed by atoms with Crippen LogP contribution in [0, 0.1) is 11.3 Å². The van der Waals surface area contributed by atoms with E-state index in [-0.39, 0.29) is 22.9 Å². The Morgan fingerprint density at radius 2 is 1.91 bits per heavy atom. The lowest BCUT2D eigenvalue weighted by molar-refractivity contribution is -0.926. The minimum absolute atomic E-state index is 0.0183. The number of halogens is 3. The molecule has 0 radical (unpaired) electrons. The maximum Gasteiger partial charge on any atom is 0.416 e. The number of ether oxygens (including phenoxy) is 1. The Morgan fingerprint density at radius 3 is 2.51 bits per heavy atom. The van der Waals surface area contributed by atoms with Gasteiger partial charge >= 0.3 is 17.8 Å². The summed E-state index contributed by atoms with van der Waals surface area (Å²) in [4.78, 5) is 38.6. The van der Waals surface area contributed by atoms with Crippen LogP contribution in [0.1, 0.15) is 35.2 Å². The Balaban J connectivity index is 0.00000148.